The van der Waals surface area contributed by atoms with Gasteiger partial charge in [-0.05, 0) is 86.0 Å². The van der Waals surface area contributed by atoms with Crippen LogP contribution in [-0.4, -0.2) is 11.2 Å². The summed E-state index contributed by atoms with van der Waals surface area (Å²) in [4.78, 5) is 0. The van der Waals surface area contributed by atoms with Gasteiger partial charge in [0, 0.05) is 8.22 Å². The molecule has 1 N–H and O–H groups in total. The highest BCUT2D eigenvalue weighted by molar-refractivity contribution is 5.36. The van der Waals surface area contributed by atoms with Gasteiger partial charge in [-0.15, -0.1) is 0 Å². The van der Waals surface area contributed by atoms with Crippen LogP contribution in [0.3, 0.4) is 0 Å². The van der Waals surface area contributed by atoms with Crippen molar-refractivity contribution in [1.29, 1.82) is 0 Å². The van der Waals surface area contributed by atoms with Crippen LogP contribution in [0.2, 0.25) is 0 Å². The van der Waals surface area contributed by atoms with Gasteiger partial charge in [-0.25, -0.2) is 0 Å². The summed E-state index contributed by atoms with van der Waals surface area (Å²) in [6.45, 7) is 4.06. The normalized spacial score (nSPS) is 41.7. The van der Waals surface area contributed by atoms with Crippen LogP contribution in [0.4, 0.5) is 0 Å². The molecule has 3 aliphatic rings. The Kier molecular flexibility index (Phi) is 5.02. The fourth-order valence-electron chi connectivity index (χ4n) is 6.45. The molecule has 0 aromatic carbocycles. The third kappa shape index (κ3) is 4.84. The van der Waals surface area contributed by atoms with Crippen molar-refractivity contribution in [2.24, 2.45) is 29.1 Å². The van der Waals surface area contributed by atoms with Gasteiger partial charge in [0.15, 0.2) is 0 Å². The number of aliphatic hydroxyl groups excluding tert-OH is 1. The minimum Gasteiger partial charge on any atom is -0.393 e. The Morgan fingerprint density at radius 1 is 1.21 bits per heavy atom. The van der Waals surface area contributed by atoms with Crippen molar-refractivity contribution in [3.05, 3.63) is 35.5 Å². The highest BCUT2D eigenvalue weighted by atomic mass is 16.3. The molecule has 0 unspecified atom stereocenters. The second kappa shape index (κ2) is 9.33. The van der Waals surface area contributed by atoms with E-state index in [4.69, 9.17) is 8.22 Å². The average molecular weight is 391 g/mol. The van der Waals surface area contributed by atoms with E-state index >= 15 is 0 Å². The molecule has 1 heteroatoms. The first-order valence-corrected chi connectivity index (χ1v) is 11.5. The van der Waals surface area contributed by atoms with Crippen LogP contribution in [0.15, 0.2) is 35.5 Å². The molecule has 3 aliphatic carbocycles. The Bertz CT molecular complexity index is 778. The van der Waals surface area contributed by atoms with Crippen molar-refractivity contribution in [3.8, 4) is 0 Å². The molecular weight excluding hydrogens is 340 g/mol. The van der Waals surface area contributed by atoms with Gasteiger partial charge in [0.1, 0.15) is 0 Å². The topological polar surface area (TPSA) is 20.2 Å². The molecule has 158 valence electrons. The Morgan fingerprint density at radius 2 is 2.04 bits per heavy atom. The first-order chi connectivity index (χ1) is 15.7. The lowest BCUT2D eigenvalue weighted by atomic mass is 9.60. The summed E-state index contributed by atoms with van der Waals surface area (Å²) in [6, 6.07) is 0. The number of aliphatic hydroxyl groups is 1. The molecule has 0 saturated heterocycles. The summed E-state index contributed by atoms with van der Waals surface area (Å²) < 4.78 is 45.9. The van der Waals surface area contributed by atoms with E-state index in [1.807, 2.05) is 0 Å². The van der Waals surface area contributed by atoms with Crippen molar-refractivity contribution in [1.82, 2.24) is 0 Å². The lowest BCUT2D eigenvalue weighted by Gasteiger charge is -2.44. The van der Waals surface area contributed by atoms with Crippen LogP contribution in [0.25, 0.3) is 0 Å². The predicted octanol–water partition coefficient (Wildman–Crippen LogP) is 7.62. The fraction of sp³-hybridized carbons (Fsp3) is 0.778. The molecule has 3 saturated carbocycles. The summed E-state index contributed by atoms with van der Waals surface area (Å²) in [5, 5.41) is 10.1. The first kappa shape index (κ1) is 15.1. The number of allylic oxidation sites excluding steroid dienone is 4. The van der Waals surface area contributed by atoms with E-state index in [9.17, 15) is 5.11 Å². The zero-order chi connectivity index (χ0) is 25.3. The van der Waals surface area contributed by atoms with Crippen LogP contribution in [0.1, 0.15) is 106 Å². The van der Waals surface area contributed by atoms with Gasteiger partial charge in [-0.3, -0.25) is 0 Å². The summed E-state index contributed by atoms with van der Waals surface area (Å²) >= 11 is 0. The molecule has 5 atom stereocenters. The van der Waals surface area contributed by atoms with E-state index < -0.39 is 19.6 Å². The van der Waals surface area contributed by atoms with Crippen molar-refractivity contribution < 1.29 is 13.3 Å². The summed E-state index contributed by atoms with van der Waals surface area (Å²) in [5.74, 6) is 0.378. The number of hydrogen-bond acceptors (Lipinski definition) is 1. The molecule has 0 amide bonds. The minimum atomic E-state index is -2.43. The van der Waals surface area contributed by atoms with Gasteiger partial charge in [0.05, 0.1) is 6.10 Å². The fourth-order valence-corrected chi connectivity index (χ4v) is 6.45. The maximum atomic E-state index is 10.1. The van der Waals surface area contributed by atoms with E-state index in [1.165, 1.54) is 36.8 Å². The maximum absolute atomic E-state index is 10.1. The highest BCUT2D eigenvalue weighted by Crippen LogP contribution is 2.59. The van der Waals surface area contributed by atoms with E-state index in [0.29, 0.717) is 30.6 Å². The molecule has 28 heavy (non-hydrogen) atoms. The third-order valence-corrected chi connectivity index (χ3v) is 8.06. The van der Waals surface area contributed by atoms with Gasteiger partial charge in [0.2, 0.25) is 0 Å². The zero-order valence-electron chi connectivity index (χ0n) is 24.0. The molecule has 0 radical (unpaired) electrons. The molecule has 1 nitrogen and oxygen atoms in total. The largest absolute Gasteiger partial charge is 0.393 e. The average Bonchev–Trinajstić information content (AvgIpc) is 3.07. The lowest BCUT2D eigenvalue weighted by Crippen LogP contribution is -2.36. The number of rotatable bonds is 6. The molecule has 0 spiro atoms. The standard InChI is InChI=1S/C27H44O/c1-19(2)8-6-9-21(4)25-15-16-26-22(10-7-17-27(25,26)5)12-13-23-18-24(28)14-11-20(23)3/h12-13,19,21,24-26,28H,3,6-11,14-18H2,1-2,4-5H3/b22-12-,23-13+/t21-,24+,25-,26+,27-/m1/s1/i1D3,2D3. The Morgan fingerprint density at radius 3 is 2.82 bits per heavy atom. The SMILES string of the molecule is [2H]C([2H])([2H])C(CCC[C@@H](C)[C@H]1CC[C@H]2/C(=C\C=C3/C[C@@H](O)CCC3=C)CCC[C@]12C)C([2H])([2H])[2H]. The van der Waals surface area contributed by atoms with Crippen LogP contribution in [-0.2, 0) is 0 Å². The second-order valence-corrected chi connectivity index (χ2v) is 9.99. The van der Waals surface area contributed by atoms with E-state index in [1.54, 1.807) is 0 Å². The maximum Gasteiger partial charge on any atom is 0.0583 e. The van der Waals surface area contributed by atoms with Gasteiger partial charge in [0.25, 0.3) is 0 Å². The Balaban J connectivity index is 1.65. The molecule has 3 rings (SSSR count). The molecule has 0 heterocycles. The van der Waals surface area contributed by atoms with E-state index in [2.05, 4.69) is 32.6 Å². The Hall–Kier alpha value is -0.820. The van der Waals surface area contributed by atoms with Gasteiger partial charge >= 0.3 is 0 Å². The molecule has 0 aliphatic heterocycles. The van der Waals surface area contributed by atoms with Gasteiger partial charge in [-0.1, -0.05) is 76.7 Å². The van der Waals surface area contributed by atoms with Crippen molar-refractivity contribution in [3.63, 3.8) is 0 Å². The van der Waals surface area contributed by atoms with Gasteiger partial charge < -0.3 is 5.11 Å². The minimum absolute atomic E-state index is 0.235. The summed E-state index contributed by atoms with van der Waals surface area (Å²) in [7, 11) is 0. The smallest absolute Gasteiger partial charge is 0.0583 e. The van der Waals surface area contributed by atoms with Crippen LogP contribution < -0.4 is 0 Å². The zero-order valence-corrected chi connectivity index (χ0v) is 18.0. The quantitative estimate of drug-likeness (QED) is 0.494. The summed E-state index contributed by atoms with van der Waals surface area (Å²) in [6.07, 6.45) is 14.4. The van der Waals surface area contributed by atoms with Gasteiger partial charge in [-0.2, -0.15) is 0 Å². The van der Waals surface area contributed by atoms with E-state index in [0.717, 1.165) is 31.3 Å². The molecule has 0 aromatic heterocycles. The van der Waals surface area contributed by atoms with Crippen molar-refractivity contribution >= 4 is 0 Å². The number of fused-ring (bicyclic) bond motifs is 1. The second-order valence-electron chi connectivity index (χ2n) is 9.99. The van der Waals surface area contributed by atoms with Crippen LogP contribution >= 0.6 is 0 Å². The van der Waals surface area contributed by atoms with Crippen molar-refractivity contribution in [2.75, 3.05) is 0 Å². The number of hydrogen-bond donors (Lipinski definition) is 1. The van der Waals surface area contributed by atoms with E-state index in [-0.39, 0.29) is 17.9 Å². The van der Waals surface area contributed by atoms with Crippen LogP contribution in [0, 0.1) is 29.1 Å². The molecule has 3 fully saturated rings. The Labute approximate surface area is 182 Å². The third-order valence-electron chi connectivity index (χ3n) is 8.06. The molecule has 0 bridgehead atoms. The van der Waals surface area contributed by atoms with Crippen LogP contribution in [0.5, 0.6) is 0 Å². The monoisotopic (exact) mass is 390 g/mol. The molecule has 0 aromatic rings. The summed E-state index contributed by atoms with van der Waals surface area (Å²) in [5.41, 5.74) is 4.14. The predicted molar refractivity (Wildman–Crippen MR) is 121 cm³/mol. The highest BCUT2D eigenvalue weighted by Gasteiger charge is 2.50. The molecular formula is C27H44O. The first-order valence-electron chi connectivity index (χ1n) is 14.5. The lowest BCUT2D eigenvalue weighted by molar-refractivity contribution is 0.0929. The van der Waals surface area contributed by atoms with Crippen molar-refractivity contribution in [2.45, 2.75) is 104 Å².